The van der Waals surface area contributed by atoms with Gasteiger partial charge in [0, 0.05) is 12.0 Å². The van der Waals surface area contributed by atoms with Gasteiger partial charge in [-0.3, -0.25) is 4.79 Å². The Morgan fingerprint density at radius 2 is 2.19 bits per heavy atom. The SMILES string of the molecule is N#CC1CCCC(COc2ccccc2-c2nc(C(=O)O)cc(=O)[nH]2)C1. The number of nitriles is 1. The third-order valence-electron chi connectivity index (χ3n) is 4.54. The lowest BCUT2D eigenvalue weighted by atomic mass is 9.83. The molecule has 7 heteroatoms. The number of aromatic nitrogens is 2. The maximum Gasteiger partial charge on any atom is 0.354 e. The van der Waals surface area contributed by atoms with Crippen molar-refractivity contribution < 1.29 is 14.6 Å². The molecule has 2 atom stereocenters. The Balaban J connectivity index is 1.82. The van der Waals surface area contributed by atoms with Gasteiger partial charge in [-0.25, -0.2) is 9.78 Å². The van der Waals surface area contributed by atoms with E-state index in [4.69, 9.17) is 15.1 Å². The molecule has 1 aromatic carbocycles. The molecular weight excluding hydrogens is 334 g/mol. The van der Waals surface area contributed by atoms with Crippen LogP contribution >= 0.6 is 0 Å². The minimum absolute atomic E-state index is 0.0814. The predicted octanol–water partition coefficient (Wildman–Crippen LogP) is 2.84. The number of H-pyrrole nitrogens is 1. The molecule has 0 radical (unpaired) electrons. The van der Waals surface area contributed by atoms with Crippen molar-refractivity contribution in [1.29, 1.82) is 5.26 Å². The van der Waals surface area contributed by atoms with Gasteiger partial charge in [0.05, 0.1) is 18.2 Å². The average Bonchev–Trinajstić information content (AvgIpc) is 2.66. The molecule has 1 fully saturated rings. The molecule has 7 nitrogen and oxygen atoms in total. The zero-order valence-electron chi connectivity index (χ0n) is 14.1. The number of carboxylic acids is 1. The molecule has 1 saturated carbocycles. The fraction of sp³-hybridized carbons (Fsp3) is 0.368. The third kappa shape index (κ3) is 4.09. The number of para-hydroxylation sites is 1. The summed E-state index contributed by atoms with van der Waals surface area (Å²) in [5.41, 5.74) is -0.325. The average molecular weight is 353 g/mol. The van der Waals surface area contributed by atoms with Crippen molar-refractivity contribution in [1.82, 2.24) is 9.97 Å². The number of nitrogens with zero attached hydrogens (tertiary/aromatic N) is 2. The molecular formula is C19H19N3O4. The molecule has 0 spiro atoms. The molecule has 1 aromatic heterocycles. The van der Waals surface area contributed by atoms with Crippen molar-refractivity contribution in [3.8, 4) is 23.2 Å². The fourth-order valence-electron chi connectivity index (χ4n) is 3.25. The maximum absolute atomic E-state index is 11.7. The lowest BCUT2D eigenvalue weighted by molar-refractivity contribution is 0.0690. The number of aromatic carboxylic acids is 1. The summed E-state index contributed by atoms with van der Waals surface area (Å²) in [7, 11) is 0. The Bertz CT molecular complexity index is 900. The first kappa shape index (κ1) is 17.7. The van der Waals surface area contributed by atoms with E-state index in [0.717, 1.165) is 31.7 Å². The highest BCUT2D eigenvalue weighted by molar-refractivity contribution is 5.85. The van der Waals surface area contributed by atoms with E-state index in [2.05, 4.69) is 16.0 Å². The maximum atomic E-state index is 11.7. The highest BCUT2D eigenvalue weighted by atomic mass is 16.5. The highest BCUT2D eigenvalue weighted by Crippen LogP contribution is 2.31. The van der Waals surface area contributed by atoms with Crippen LogP contribution in [0.25, 0.3) is 11.4 Å². The second kappa shape index (κ2) is 7.83. The number of aromatic amines is 1. The standard InChI is InChI=1S/C19H19N3O4/c20-10-12-4-3-5-13(8-12)11-26-16-7-2-1-6-14(16)18-21-15(19(24)25)9-17(23)22-18/h1-2,6-7,9,12-13H,3-5,8,11H2,(H,24,25)(H,21,22,23). The van der Waals surface area contributed by atoms with Gasteiger partial charge in [0.1, 0.15) is 11.6 Å². The Morgan fingerprint density at radius 3 is 2.96 bits per heavy atom. The third-order valence-corrected chi connectivity index (χ3v) is 4.54. The summed E-state index contributed by atoms with van der Waals surface area (Å²) in [6.07, 6.45) is 3.80. The van der Waals surface area contributed by atoms with Crippen molar-refractivity contribution in [3.05, 3.63) is 46.4 Å². The zero-order valence-corrected chi connectivity index (χ0v) is 14.1. The van der Waals surface area contributed by atoms with Gasteiger partial charge in [0.2, 0.25) is 0 Å². The van der Waals surface area contributed by atoms with Crippen LogP contribution in [-0.2, 0) is 0 Å². The van der Waals surface area contributed by atoms with Crippen molar-refractivity contribution in [2.24, 2.45) is 11.8 Å². The van der Waals surface area contributed by atoms with Gasteiger partial charge in [-0.15, -0.1) is 0 Å². The second-order valence-electron chi connectivity index (χ2n) is 6.45. The number of hydrogen-bond acceptors (Lipinski definition) is 5. The smallest absolute Gasteiger partial charge is 0.354 e. The number of rotatable bonds is 5. The molecule has 2 unspecified atom stereocenters. The van der Waals surface area contributed by atoms with E-state index in [1.54, 1.807) is 24.3 Å². The van der Waals surface area contributed by atoms with Crippen molar-refractivity contribution >= 4 is 5.97 Å². The van der Waals surface area contributed by atoms with E-state index >= 15 is 0 Å². The Labute approximate surface area is 150 Å². The van der Waals surface area contributed by atoms with Crippen molar-refractivity contribution in [3.63, 3.8) is 0 Å². The van der Waals surface area contributed by atoms with Crippen LogP contribution in [0.3, 0.4) is 0 Å². The summed E-state index contributed by atoms with van der Waals surface area (Å²) in [6.45, 7) is 0.470. The Kier molecular flexibility index (Phi) is 5.32. The molecule has 3 rings (SSSR count). The number of ether oxygens (including phenoxy) is 1. The molecule has 0 saturated heterocycles. The van der Waals surface area contributed by atoms with Gasteiger partial charge in [-0.05, 0) is 37.3 Å². The number of carbonyl (C=O) groups is 1. The van der Waals surface area contributed by atoms with E-state index < -0.39 is 11.5 Å². The van der Waals surface area contributed by atoms with Gasteiger partial charge in [-0.2, -0.15) is 5.26 Å². The lowest BCUT2D eigenvalue weighted by Crippen LogP contribution is -2.20. The summed E-state index contributed by atoms with van der Waals surface area (Å²) in [5.74, 6) is -0.196. The topological polar surface area (TPSA) is 116 Å². The lowest BCUT2D eigenvalue weighted by Gasteiger charge is -2.25. The van der Waals surface area contributed by atoms with Crippen LogP contribution in [0.1, 0.15) is 36.2 Å². The normalized spacial score (nSPS) is 19.5. The molecule has 1 heterocycles. The van der Waals surface area contributed by atoms with E-state index in [0.29, 0.717) is 23.8 Å². The van der Waals surface area contributed by atoms with E-state index in [9.17, 15) is 9.59 Å². The predicted molar refractivity (Wildman–Crippen MR) is 93.8 cm³/mol. The summed E-state index contributed by atoms with van der Waals surface area (Å²) < 4.78 is 5.95. The zero-order chi connectivity index (χ0) is 18.5. The quantitative estimate of drug-likeness (QED) is 0.854. The Hall–Kier alpha value is -3.14. The van der Waals surface area contributed by atoms with Crippen molar-refractivity contribution in [2.75, 3.05) is 6.61 Å². The first-order chi connectivity index (χ1) is 12.6. The number of benzene rings is 1. The molecule has 0 amide bonds. The minimum atomic E-state index is -1.26. The van der Waals surface area contributed by atoms with Crippen LogP contribution in [0.15, 0.2) is 35.1 Å². The second-order valence-corrected chi connectivity index (χ2v) is 6.45. The van der Waals surface area contributed by atoms with Crippen molar-refractivity contribution in [2.45, 2.75) is 25.7 Å². The summed E-state index contributed by atoms with van der Waals surface area (Å²) in [6, 6.07) is 10.3. The van der Waals surface area contributed by atoms with E-state index in [-0.39, 0.29) is 17.4 Å². The van der Waals surface area contributed by atoms with Crippen LogP contribution < -0.4 is 10.3 Å². The van der Waals surface area contributed by atoms with Gasteiger partial charge < -0.3 is 14.8 Å². The first-order valence-electron chi connectivity index (χ1n) is 8.53. The summed E-state index contributed by atoms with van der Waals surface area (Å²) >= 11 is 0. The number of hydrogen-bond donors (Lipinski definition) is 2. The van der Waals surface area contributed by atoms with Gasteiger partial charge in [-0.1, -0.05) is 18.6 Å². The monoisotopic (exact) mass is 353 g/mol. The molecule has 0 bridgehead atoms. The molecule has 134 valence electrons. The molecule has 2 aromatic rings. The van der Waals surface area contributed by atoms with E-state index in [1.807, 2.05) is 0 Å². The number of carboxylic acid groups (broad SMARTS) is 1. The van der Waals surface area contributed by atoms with Crippen LogP contribution in [-0.4, -0.2) is 27.7 Å². The van der Waals surface area contributed by atoms with Gasteiger partial charge >= 0.3 is 5.97 Å². The van der Waals surface area contributed by atoms with Gasteiger partial charge in [0.25, 0.3) is 5.56 Å². The molecule has 1 aliphatic rings. The van der Waals surface area contributed by atoms with Gasteiger partial charge in [0.15, 0.2) is 5.69 Å². The summed E-state index contributed by atoms with van der Waals surface area (Å²) in [5, 5.41) is 18.2. The molecule has 26 heavy (non-hydrogen) atoms. The van der Waals surface area contributed by atoms with Crippen LogP contribution in [0, 0.1) is 23.2 Å². The van der Waals surface area contributed by atoms with Crippen LogP contribution in [0.4, 0.5) is 0 Å². The highest BCUT2D eigenvalue weighted by Gasteiger charge is 2.22. The largest absolute Gasteiger partial charge is 0.493 e. The molecule has 1 aliphatic carbocycles. The van der Waals surface area contributed by atoms with Crippen LogP contribution in [0.5, 0.6) is 5.75 Å². The van der Waals surface area contributed by atoms with E-state index in [1.165, 1.54) is 0 Å². The minimum Gasteiger partial charge on any atom is -0.493 e. The summed E-state index contributed by atoms with van der Waals surface area (Å²) in [4.78, 5) is 29.5. The number of nitrogens with one attached hydrogen (secondary N) is 1. The molecule has 2 N–H and O–H groups in total. The molecule has 0 aliphatic heterocycles. The Morgan fingerprint density at radius 1 is 1.38 bits per heavy atom. The first-order valence-corrected chi connectivity index (χ1v) is 8.53. The van der Waals surface area contributed by atoms with Crippen LogP contribution in [0.2, 0.25) is 0 Å². The fourth-order valence-corrected chi connectivity index (χ4v) is 3.25.